The first-order valence-corrected chi connectivity index (χ1v) is 7.98. The monoisotopic (exact) mass is 292 g/mol. The second-order valence-corrected chi connectivity index (χ2v) is 8.07. The van der Waals surface area contributed by atoms with E-state index in [9.17, 15) is 18.3 Å². The van der Waals surface area contributed by atoms with Gasteiger partial charge in [-0.2, -0.15) is 17.4 Å². The average Bonchev–Trinajstić information content (AvgIpc) is 2.24. The molecule has 0 saturated carbocycles. The van der Waals surface area contributed by atoms with Gasteiger partial charge < -0.3 is 5.11 Å². The molecular weight excluding hydrogens is 268 g/mol. The van der Waals surface area contributed by atoms with Crippen molar-refractivity contribution in [3.63, 3.8) is 0 Å². The van der Waals surface area contributed by atoms with Gasteiger partial charge in [-0.15, -0.1) is 0 Å². The number of carbonyl (C=O) groups is 1. The zero-order chi connectivity index (χ0) is 14.8. The molecule has 112 valence electrons. The standard InChI is InChI=1S/C12H24N2O4S/c1-9-6-5-7-14(8-9)19(17,18)13-10(11(15)16)12(2,3)4/h9-10,13H,5-8H2,1-4H3,(H,15,16). The maximum atomic E-state index is 12.2. The van der Waals surface area contributed by atoms with E-state index in [1.165, 1.54) is 4.31 Å². The molecular formula is C12H24N2O4S. The molecule has 1 fully saturated rings. The van der Waals surface area contributed by atoms with Crippen LogP contribution in [0.25, 0.3) is 0 Å². The summed E-state index contributed by atoms with van der Waals surface area (Å²) in [5, 5.41) is 9.18. The minimum atomic E-state index is -3.74. The van der Waals surface area contributed by atoms with Gasteiger partial charge in [0.25, 0.3) is 10.2 Å². The molecule has 6 nitrogen and oxygen atoms in total. The Balaban J connectivity index is 2.85. The van der Waals surface area contributed by atoms with Crippen LogP contribution in [0.2, 0.25) is 0 Å². The number of carboxylic acids is 1. The molecule has 0 aromatic carbocycles. The van der Waals surface area contributed by atoms with E-state index in [1.54, 1.807) is 20.8 Å². The maximum absolute atomic E-state index is 12.2. The Hall–Kier alpha value is -0.660. The summed E-state index contributed by atoms with van der Waals surface area (Å²) >= 11 is 0. The van der Waals surface area contributed by atoms with E-state index < -0.39 is 27.6 Å². The van der Waals surface area contributed by atoms with Gasteiger partial charge in [-0.05, 0) is 24.2 Å². The van der Waals surface area contributed by atoms with Crippen molar-refractivity contribution in [1.82, 2.24) is 9.03 Å². The molecule has 2 unspecified atom stereocenters. The molecule has 0 aliphatic carbocycles. The smallest absolute Gasteiger partial charge is 0.322 e. The molecule has 2 N–H and O–H groups in total. The SMILES string of the molecule is CC1CCCN(S(=O)(=O)NC(C(=O)O)C(C)(C)C)C1. The van der Waals surface area contributed by atoms with E-state index in [0.29, 0.717) is 19.0 Å². The lowest BCUT2D eigenvalue weighted by Crippen LogP contribution is -2.54. The topological polar surface area (TPSA) is 86.7 Å². The average molecular weight is 292 g/mol. The molecule has 1 rings (SSSR count). The molecule has 0 bridgehead atoms. The Morgan fingerprint density at radius 2 is 2.00 bits per heavy atom. The van der Waals surface area contributed by atoms with Crippen molar-refractivity contribution in [2.24, 2.45) is 11.3 Å². The second-order valence-electron chi connectivity index (χ2n) is 6.37. The number of piperidine rings is 1. The molecule has 1 saturated heterocycles. The highest BCUT2D eigenvalue weighted by atomic mass is 32.2. The Bertz CT molecular complexity index is 428. The fraction of sp³-hybridized carbons (Fsp3) is 0.917. The fourth-order valence-electron chi connectivity index (χ4n) is 2.19. The molecule has 1 aliphatic heterocycles. The molecule has 0 spiro atoms. The van der Waals surface area contributed by atoms with Crippen LogP contribution in [0, 0.1) is 11.3 Å². The number of aliphatic carboxylic acids is 1. The number of hydrogen-bond acceptors (Lipinski definition) is 3. The molecule has 1 heterocycles. The van der Waals surface area contributed by atoms with E-state index in [0.717, 1.165) is 12.8 Å². The third-order valence-corrected chi connectivity index (χ3v) is 4.88. The summed E-state index contributed by atoms with van der Waals surface area (Å²) in [4.78, 5) is 11.2. The third-order valence-electron chi connectivity index (χ3n) is 3.34. The van der Waals surface area contributed by atoms with Crippen LogP contribution in [-0.2, 0) is 15.0 Å². The minimum absolute atomic E-state index is 0.309. The minimum Gasteiger partial charge on any atom is -0.480 e. The Kier molecular flexibility index (Phi) is 4.97. The van der Waals surface area contributed by atoms with Crippen molar-refractivity contribution in [2.45, 2.75) is 46.6 Å². The number of hydrogen-bond donors (Lipinski definition) is 2. The first kappa shape index (κ1) is 16.4. The second kappa shape index (κ2) is 5.76. The number of nitrogens with one attached hydrogen (secondary N) is 1. The fourth-order valence-corrected chi connectivity index (χ4v) is 3.91. The summed E-state index contributed by atoms with van der Waals surface area (Å²) < 4.78 is 28.2. The van der Waals surface area contributed by atoms with Gasteiger partial charge in [-0.1, -0.05) is 27.7 Å². The normalized spacial score (nSPS) is 24.1. The van der Waals surface area contributed by atoms with Crippen LogP contribution in [0.4, 0.5) is 0 Å². The van der Waals surface area contributed by atoms with E-state index in [-0.39, 0.29) is 0 Å². The van der Waals surface area contributed by atoms with Gasteiger partial charge in [0.1, 0.15) is 6.04 Å². The van der Waals surface area contributed by atoms with E-state index in [4.69, 9.17) is 0 Å². The van der Waals surface area contributed by atoms with Gasteiger partial charge in [0.2, 0.25) is 0 Å². The van der Waals surface area contributed by atoms with Crippen molar-refractivity contribution < 1.29 is 18.3 Å². The first-order chi connectivity index (χ1) is 8.54. The van der Waals surface area contributed by atoms with Crippen LogP contribution < -0.4 is 4.72 Å². The summed E-state index contributed by atoms with van der Waals surface area (Å²) in [5.41, 5.74) is -0.680. The predicted molar refractivity (Wildman–Crippen MR) is 72.9 cm³/mol. The van der Waals surface area contributed by atoms with Crippen LogP contribution in [0.1, 0.15) is 40.5 Å². The van der Waals surface area contributed by atoms with E-state index >= 15 is 0 Å². The summed E-state index contributed by atoms with van der Waals surface area (Å²) in [6, 6.07) is -1.13. The van der Waals surface area contributed by atoms with Crippen LogP contribution in [0.5, 0.6) is 0 Å². The van der Waals surface area contributed by atoms with Crippen LogP contribution in [0.3, 0.4) is 0 Å². The summed E-state index contributed by atoms with van der Waals surface area (Å²) in [6.45, 7) is 8.01. The highest BCUT2D eigenvalue weighted by molar-refractivity contribution is 7.87. The van der Waals surface area contributed by atoms with Gasteiger partial charge in [-0.3, -0.25) is 4.79 Å². The number of rotatable bonds is 4. The number of nitrogens with zero attached hydrogens (tertiary/aromatic N) is 1. The highest BCUT2D eigenvalue weighted by Gasteiger charge is 2.37. The molecule has 0 aromatic heterocycles. The van der Waals surface area contributed by atoms with Crippen molar-refractivity contribution in [1.29, 1.82) is 0 Å². The van der Waals surface area contributed by atoms with E-state index in [1.807, 2.05) is 6.92 Å². The Morgan fingerprint density at radius 3 is 2.42 bits per heavy atom. The summed E-state index contributed by atoms with van der Waals surface area (Å²) in [6.07, 6.45) is 1.82. The summed E-state index contributed by atoms with van der Waals surface area (Å²) in [7, 11) is -3.74. The molecule has 0 amide bonds. The lowest BCUT2D eigenvalue weighted by molar-refractivity contribution is -0.141. The maximum Gasteiger partial charge on any atom is 0.322 e. The van der Waals surface area contributed by atoms with Crippen LogP contribution in [-0.4, -0.2) is 42.9 Å². The van der Waals surface area contributed by atoms with Gasteiger partial charge >= 0.3 is 5.97 Å². The van der Waals surface area contributed by atoms with Crippen molar-refractivity contribution >= 4 is 16.2 Å². The van der Waals surface area contributed by atoms with Crippen LogP contribution >= 0.6 is 0 Å². The Labute approximate surface area is 115 Å². The predicted octanol–water partition coefficient (Wildman–Crippen LogP) is 1.05. The molecule has 7 heteroatoms. The molecule has 0 aromatic rings. The van der Waals surface area contributed by atoms with Gasteiger partial charge in [0.15, 0.2) is 0 Å². The zero-order valence-electron chi connectivity index (χ0n) is 12.0. The lowest BCUT2D eigenvalue weighted by Gasteiger charge is -2.33. The molecule has 0 radical (unpaired) electrons. The molecule has 2 atom stereocenters. The van der Waals surface area contributed by atoms with Gasteiger partial charge in [-0.25, -0.2) is 0 Å². The van der Waals surface area contributed by atoms with Crippen LogP contribution in [0.15, 0.2) is 0 Å². The third kappa shape index (κ3) is 4.43. The first-order valence-electron chi connectivity index (χ1n) is 6.54. The Morgan fingerprint density at radius 1 is 1.42 bits per heavy atom. The molecule has 1 aliphatic rings. The highest BCUT2D eigenvalue weighted by Crippen LogP contribution is 2.23. The zero-order valence-corrected chi connectivity index (χ0v) is 12.8. The summed E-state index contributed by atoms with van der Waals surface area (Å²) in [5.74, 6) is -0.843. The lowest BCUT2D eigenvalue weighted by atomic mass is 9.88. The molecule has 19 heavy (non-hydrogen) atoms. The van der Waals surface area contributed by atoms with Crippen molar-refractivity contribution in [2.75, 3.05) is 13.1 Å². The largest absolute Gasteiger partial charge is 0.480 e. The van der Waals surface area contributed by atoms with Gasteiger partial charge in [0, 0.05) is 13.1 Å². The van der Waals surface area contributed by atoms with Crippen molar-refractivity contribution in [3.05, 3.63) is 0 Å². The quantitative estimate of drug-likeness (QED) is 0.811. The van der Waals surface area contributed by atoms with E-state index in [2.05, 4.69) is 4.72 Å². The van der Waals surface area contributed by atoms with Gasteiger partial charge in [0.05, 0.1) is 0 Å². The van der Waals surface area contributed by atoms with Crippen molar-refractivity contribution in [3.8, 4) is 0 Å². The number of carboxylic acid groups (broad SMARTS) is 1.